The zero-order chi connectivity index (χ0) is 9.52. The highest BCUT2D eigenvalue weighted by Gasteiger charge is 1.91. The first kappa shape index (κ1) is 9.56. The Morgan fingerprint density at radius 2 is 2.62 bits per heavy atom. The van der Waals surface area contributed by atoms with E-state index in [-0.39, 0.29) is 12.5 Å². The molecular formula is C10H9NOS. The first-order chi connectivity index (χ1) is 6.33. The van der Waals surface area contributed by atoms with Gasteiger partial charge in [0.2, 0.25) is 5.91 Å². The first-order valence-electron chi connectivity index (χ1n) is 3.76. The third-order valence-electron chi connectivity index (χ3n) is 1.31. The summed E-state index contributed by atoms with van der Waals surface area (Å²) in [5.41, 5.74) is 0. The van der Waals surface area contributed by atoms with Crippen molar-refractivity contribution >= 4 is 23.3 Å². The Balaban J connectivity index is 2.41. The zero-order valence-electron chi connectivity index (χ0n) is 6.99. The minimum Gasteiger partial charge on any atom is -0.342 e. The smallest absolute Gasteiger partial charge is 0.244 e. The van der Waals surface area contributed by atoms with E-state index >= 15 is 0 Å². The first-order valence-corrected chi connectivity index (χ1v) is 4.64. The Bertz CT molecular complexity index is 332. The summed E-state index contributed by atoms with van der Waals surface area (Å²) in [6, 6.07) is 3.87. The fourth-order valence-corrected chi connectivity index (χ4v) is 1.36. The molecule has 0 fully saturated rings. The van der Waals surface area contributed by atoms with Crippen LogP contribution < -0.4 is 5.32 Å². The van der Waals surface area contributed by atoms with Gasteiger partial charge < -0.3 is 5.32 Å². The van der Waals surface area contributed by atoms with Gasteiger partial charge in [-0.25, -0.2) is 0 Å². The van der Waals surface area contributed by atoms with Crippen molar-refractivity contribution in [3.8, 4) is 12.3 Å². The highest BCUT2D eigenvalue weighted by molar-refractivity contribution is 7.10. The van der Waals surface area contributed by atoms with Crippen LogP contribution in [-0.2, 0) is 4.79 Å². The van der Waals surface area contributed by atoms with Crippen molar-refractivity contribution in [2.24, 2.45) is 0 Å². The number of nitrogens with one attached hydrogen (secondary N) is 1. The van der Waals surface area contributed by atoms with Gasteiger partial charge in [0.25, 0.3) is 0 Å². The maximum atomic E-state index is 11.0. The summed E-state index contributed by atoms with van der Waals surface area (Å²) in [5, 5.41) is 4.49. The molecule has 0 radical (unpaired) electrons. The molecule has 1 amide bonds. The molecule has 0 bridgehead atoms. The predicted octanol–water partition coefficient (Wildman–Crippen LogP) is 1.51. The van der Waals surface area contributed by atoms with Crippen LogP contribution in [-0.4, -0.2) is 12.5 Å². The van der Waals surface area contributed by atoms with Crippen LogP contribution in [0.25, 0.3) is 6.08 Å². The minimum absolute atomic E-state index is 0.161. The molecule has 1 aromatic heterocycles. The molecule has 13 heavy (non-hydrogen) atoms. The number of carbonyl (C=O) groups excluding carboxylic acids is 1. The van der Waals surface area contributed by atoms with Crippen molar-refractivity contribution in [2.75, 3.05) is 6.54 Å². The van der Waals surface area contributed by atoms with Crippen molar-refractivity contribution < 1.29 is 4.79 Å². The molecule has 0 aliphatic heterocycles. The summed E-state index contributed by atoms with van der Waals surface area (Å²) in [7, 11) is 0. The van der Waals surface area contributed by atoms with Gasteiger partial charge in [-0.15, -0.1) is 17.8 Å². The Hall–Kier alpha value is -1.53. The average molecular weight is 191 g/mol. The van der Waals surface area contributed by atoms with E-state index in [1.807, 2.05) is 17.5 Å². The Kier molecular flexibility index (Phi) is 3.80. The molecule has 0 saturated heterocycles. The van der Waals surface area contributed by atoms with E-state index < -0.39 is 0 Å². The van der Waals surface area contributed by atoms with Gasteiger partial charge in [-0.1, -0.05) is 12.0 Å². The van der Waals surface area contributed by atoms with Gasteiger partial charge in [-0.2, -0.15) is 0 Å². The van der Waals surface area contributed by atoms with E-state index in [2.05, 4.69) is 11.2 Å². The lowest BCUT2D eigenvalue weighted by Crippen LogP contribution is -2.20. The van der Waals surface area contributed by atoms with Gasteiger partial charge in [-0.05, 0) is 17.5 Å². The summed E-state index contributed by atoms with van der Waals surface area (Å²) >= 11 is 1.58. The molecule has 0 unspecified atom stereocenters. The van der Waals surface area contributed by atoms with Crippen LogP contribution >= 0.6 is 11.3 Å². The Morgan fingerprint density at radius 3 is 3.23 bits per heavy atom. The standard InChI is InChI=1S/C10H9NOS/c1-2-7-11-10(12)6-5-9-4-3-8-13-9/h1,3-6,8H,7H2,(H,11,12). The average Bonchev–Trinajstić information content (AvgIpc) is 2.64. The molecule has 3 heteroatoms. The number of amides is 1. The monoisotopic (exact) mass is 191 g/mol. The van der Waals surface area contributed by atoms with E-state index in [1.54, 1.807) is 17.4 Å². The van der Waals surface area contributed by atoms with Crippen molar-refractivity contribution in [3.05, 3.63) is 28.5 Å². The fourth-order valence-electron chi connectivity index (χ4n) is 0.741. The van der Waals surface area contributed by atoms with Gasteiger partial charge >= 0.3 is 0 Å². The lowest BCUT2D eigenvalue weighted by atomic mass is 10.4. The molecule has 0 saturated carbocycles. The summed E-state index contributed by atoms with van der Waals surface area (Å²) in [6.45, 7) is 0.271. The number of carbonyl (C=O) groups is 1. The Labute approximate surface area is 81.3 Å². The second-order valence-corrected chi connectivity index (χ2v) is 3.25. The maximum absolute atomic E-state index is 11.0. The number of thiophene rings is 1. The number of hydrogen-bond acceptors (Lipinski definition) is 2. The van der Waals surface area contributed by atoms with Crippen LogP contribution in [0.2, 0.25) is 0 Å². The van der Waals surface area contributed by atoms with E-state index in [0.29, 0.717) is 0 Å². The minimum atomic E-state index is -0.161. The summed E-state index contributed by atoms with van der Waals surface area (Å²) in [4.78, 5) is 12.1. The van der Waals surface area contributed by atoms with Crippen LogP contribution in [0.5, 0.6) is 0 Å². The van der Waals surface area contributed by atoms with Crippen LogP contribution in [0.1, 0.15) is 4.88 Å². The molecule has 0 aromatic carbocycles. The molecule has 1 N–H and O–H groups in total. The van der Waals surface area contributed by atoms with Crippen molar-refractivity contribution in [3.63, 3.8) is 0 Å². The highest BCUT2D eigenvalue weighted by Crippen LogP contribution is 2.09. The van der Waals surface area contributed by atoms with E-state index in [0.717, 1.165) is 4.88 Å². The molecule has 0 aliphatic carbocycles. The molecule has 2 nitrogen and oxygen atoms in total. The maximum Gasteiger partial charge on any atom is 0.244 e. The molecule has 0 atom stereocenters. The lowest BCUT2D eigenvalue weighted by molar-refractivity contribution is -0.116. The third-order valence-corrected chi connectivity index (χ3v) is 2.14. The van der Waals surface area contributed by atoms with Crippen LogP contribution in [0.15, 0.2) is 23.6 Å². The fraction of sp³-hybridized carbons (Fsp3) is 0.100. The summed E-state index contributed by atoms with van der Waals surface area (Å²) < 4.78 is 0. The number of hydrogen-bond donors (Lipinski definition) is 1. The molecule has 1 aromatic rings. The van der Waals surface area contributed by atoms with E-state index in [4.69, 9.17) is 6.42 Å². The highest BCUT2D eigenvalue weighted by atomic mass is 32.1. The molecule has 0 aliphatic rings. The van der Waals surface area contributed by atoms with Crippen molar-refractivity contribution in [2.45, 2.75) is 0 Å². The summed E-state index contributed by atoms with van der Waals surface area (Å²) in [5.74, 6) is 2.17. The van der Waals surface area contributed by atoms with E-state index in [1.165, 1.54) is 6.08 Å². The van der Waals surface area contributed by atoms with Gasteiger partial charge in [-0.3, -0.25) is 4.79 Å². The van der Waals surface area contributed by atoms with Gasteiger partial charge in [0.05, 0.1) is 6.54 Å². The van der Waals surface area contributed by atoms with Gasteiger partial charge in [0.1, 0.15) is 0 Å². The van der Waals surface area contributed by atoms with Crippen molar-refractivity contribution in [1.82, 2.24) is 5.32 Å². The second-order valence-electron chi connectivity index (χ2n) is 2.27. The zero-order valence-corrected chi connectivity index (χ0v) is 7.80. The normalized spacial score (nSPS) is 9.77. The summed E-state index contributed by atoms with van der Waals surface area (Å²) in [6.07, 6.45) is 8.22. The number of rotatable bonds is 3. The molecule has 1 rings (SSSR count). The van der Waals surface area contributed by atoms with Gasteiger partial charge in [0.15, 0.2) is 0 Å². The number of terminal acetylenes is 1. The van der Waals surface area contributed by atoms with Crippen LogP contribution in [0, 0.1) is 12.3 Å². The SMILES string of the molecule is C#CCNC(=O)C=Cc1cccs1. The molecule has 0 spiro atoms. The third kappa shape index (κ3) is 3.59. The second kappa shape index (κ2) is 5.18. The molecule has 1 heterocycles. The lowest BCUT2D eigenvalue weighted by Gasteiger charge is -1.92. The van der Waals surface area contributed by atoms with Crippen LogP contribution in [0.3, 0.4) is 0 Å². The van der Waals surface area contributed by atoms with E-state index in [9.17, 15) is 4.79 Å². The van der Waals surface area contributed by atoms with Gasteiger partial charge in [0, 0.05) is 11.0 Å². The predicted molar refractivity (Wildman–Crippen MR) is 55.2 cm³/mol. The topological polar surface area (TPSA) is 29.1 Å². The van der Waals surface area contributed by atoms with Crippen LogP contribution in [0.4, 0.5) is 0 Å². The quantitative estimate of drug-likeness (QED) is 0.569. The molecule has 66 valence electrons. The van der Waals surface area contributed by atoms with Crippen molar-refractivity contribution in [1.29, 1.82) is 0 Å². The Morgan fingerprint density at radius 1 is 1.77 bits per heavy atom. The molecular weight excluding hydrogens is 182 g/mol. The largest absolute Gasteiger partial charge is 0.342 e.